The predicted molar refractivity (Wildman–Crippen MR) is 207 cm³/mol. The smallest absolute Gasteiger partial charge is 0.324 e. The van der Waals surface area contributed by atoms with Gasteiger partial charge in [0.05, 0.1) is 17.9 Å². The standard InChI is InChI=1S/C42H49N7O6/c1-7-48-36-11-10-28-18-32(36)33(38(48)30-14-27(20-43)21-44-22-30)19-42(4,5)23-55-41(54)34-9-8-12-49(46-34)40(53)35(16-26-13-29(28)17-31(51)15-26)45-39(52)37(25(2)3)47(6)24-50/h10-11,13-15,17-18,21-22,24-25,34-35,37,46,51H,7-9,12,16,19,23H2,1-6H3,(H,45,52)/t34-,35-,37?/m0/s1. The summed E-state index contributed by atoms with van der Waals surface area (Å²) in [7, 11) is 1.52. The number of esters is 1. The van der Waals surface area contributed by atoms with E-state index in [1.807, 2.05) is 52.0 Å². The topological polar surface area (TPSA) is 170 Å². The molecule has 13 nitrogen and oxygen atoms in total. The molecule has 0 spiro atoms. The van der Waals surface area contributed by atoms with E-state index in [0.29, 0.717) is 55.5 Å². The van der Waals surface area contributed by atoms with Gasteiger partial charge in [0.1, 0.15) is 29.9 Å². The van der Waals surface area contributed by atoms with Crippen LogP contribution < -0.4 is 10.7 Å². The zero-order valence-electron chi connectivity index (χ0n) is 32.3. The van der Waals surface area contributed by atoms with Crippen molar-refractivity contribution in [1.82, 2.24) is 30.2 Å². The normalized spacial score (nSPS) is 19.3. The number of phenolic OH excluding ortho intramolecular Hbond substituents is 1. The van der Waals surface area contributed by atoms with Crippen LogP contribution in [-0.4, -0.2) is 87.1 Å². The first-order valence-electron chi connectivity index (χ1n) is 18.8. The first kappa shape index (κ1) is 39.0. The van der Waals surface area contributed by atoms with Crippen LogP contribution >= 0.6 is 0 Å². The van der Waals surface area contributed by atoms with E-state index in [1.54, 1.807) is 18.3 Å². The summed E-state index contributed by atoms with van der Waals surface area (Å²) in [6.45, 7) is 10.8. The Kier molecular flexibility index (Phi) is 11.3. The number of rotatable bonds is 7. The van der Waals surface area contributed by atoms with Crippen molar-refractivity contribution in [2.75, 3.05) is 20.2 Å². The second-order valence-corrected chi connectivity index (χ2v) is 15.8. The second-order valence-electron chi connectivity index (χ2n) is 15.8. The molecule has 3 atom stereocenters. The molecule has 1 fully saturated rings. The lowest BCUT2D eigenvalue weighted by Crippen LogP contribution is -2.61. The van der Waals surface area contributed by atoms with Gasteiger partial charge in [-0.15, -0.1) is 0 Å². The molecule has 288 valence electrons. The van der Waals surface area contributed by atoms with Gasteiger partial charge in [0.15, 0.2) is 0 Å². The van der Waals surface area contributed by atoms with E-state index in [9.17, 15) is 29.5 Å². The average Bonchev–Trinajstić information content (AvgIpc) is 3.47. The van der Waals surface area contributed by atoms with Crippen LogP contribution in [0, 0.1) is 22.7 Å². The van der Waals surface area contributed by atoms with Crippen LogP contribution in [0.2, 0.25) is 0 Å². The minimum absolute atomic E-state index is 0.00764. The van der Waals surface area contributed by atoms with Crippen LogP contribution in [0.4, 0.5) is 0 Å². The van der Waals surface area contributed by atoms with Gasteiger partial charge in [-0.25, -0.2) is 5.43 Å². The number of fused-ring (bicyclic) bond motifs is 6. The monoisotopic (exact) mass is 747 g/mol. The summed E-state index contributed by atoms with van der Waals surface area (Å²) in [6, 6.07) is 12.6. The lowest BCUT2D eigenvalue weighted by Gasteiger charge is -2.36. The number of nitrogens with zero attached hydrogens (tertiary/aromatic N) is 5. The molecular weight excluding hydrogens is 699 g/mol. The molecule has 13 heteroatoms. The molecule has 2 aromatic carbocycles. The zero-order valence-corrected chi connectivity index (χ0v) is 32.3. The predicted octanol–water partition coefficient (Wildman–Crippen LogP) is 4.73. The Labute approximate surface area is 321 Å². The number of aromatic hydroxyl groups is 1. The molecule has 4 aromatic rings. The molecule has 1 saturated heterocycles. The fourth-order valence-corrected chi connectivity index (χ4v) is 7.95. The number of phenols is 1. The number of carbonyl (C=O) groups excluding carboxylic acids is 4. The number of cyclic esters (lactones) is 1. The van der Waals surface area contributed by atoms with Crippen molar-refractivity contribution in [2.45, 2.75) is 85.0 Å². The number of amides is 3. The molecule has 1 unspecified atom stereocenters. The highest BCUT2D eigenvalue weighted by Crippen LogP contribution is 2.40. The van der Waals surface area contributed by atoms with Crippen LogP contribution in [0.15, 0.2) is 54.9 Å². The summed E-state index contributed by atoms with van der Waals surface area (Å²) >= 11 is 0. The van der Waals surface area contributed by atoms with Gasteiger partial charge in [-0.05, 0) is 84.7 Å². The van der Waals surface area contributed by atoms with E-state index in [4.69, 9.17) is 4.74 Å². The van der Waals surface area contributed by atoms with Gasteiger partial charge < -0.3 is 24.6 Å². The molecule has 0 saturated carbocycles. The Morgan fingerprint density at radius 2 is 1.95 bits per heavy atom. The highest BCUT2D eigenvalue weighted by Gasteiger charge is 2.37. The molecule has 2 aliphatic rings. The molecule has 4 heterocycles. The van der Waals surface area contributed by atoms with Gasteiger partial charge in [-0.2, -0.15) is 5.26 Å². The molecule has 0 radical (unpaired) electrons. The number of nitrogens with one attached hydrogen (secondary N) is 2. The fraction of sp³-hybridized carbons (Fsp3) is 0.429. The third kappa shape index (κ3) is 8.19. The summed E-state index contributed by atoms with van der Waals surface area (Å²) in [4.78, 5) is 59.1. The number of aryl methyl sites for hydroxylation is 1. The van der Waals surface area contributed by atoms with Crippen molar-refractivity contribution in [2.24, 2.45) is 11.3 Å². The molecule has 3 amide bonds. The van der Waals surface area contributed by atoms with Gasteiger partial charge in [0.25, 0.3) is 5.91 Å². The zero-order chi connectivity index (χ0) is 39.6. The van der Waals surface area contributed by atoms with Crippen molar-refractivity contribution in [3.63, 3.8) is 0 Å². The molecule has 0 aliphatic carbocycles. The quantitative estimate of drug-likeness (QED) is 0.179. The molecule has 6 bridgehead atoms. The maximum absolute atomic E-state index is 14.3. The lowest BCUT2D eigenvalue weighted by molar-refractivity contribution is -0.155. The van der Waals surface area contributed by atoms with Crippen LogP contribution in [0.1, 0.15) is 64.2 Å². The Morgan fingerprint density at radius 3 is 2.65 bits per heavy atom. The molecule has 55 heavy (non-hydrogen) atoms. The van der Waals surface area contributed by atoms with Crippen molar-refractivity contribution in [3.05, 3.63) is 71.5 Å². The van der Waals surface area contributed by atoms with Crippen molar-refractivity contribution in [1.29, 1.82) is 5.26 Å². The summed E-state index contributed by atoms with van der Waals surface area (Å²) in [5, 5.41) is 26.1. The minimum atomic E-state index is -1.10. The number of aromatic nitrogens is 2. The fourth-order valence-electron chi connectivity index (χ4n) is 7.95. The minimum Gasteiger partial charge on any atom is -0.508 e. The SMILES string of the molecule is CCn1c(-c2cncc(C#N)c2)c2c3cc(ccc31)-c1cc(O)cc(c1)C[C@H](NC(=O)C(C(C)C)N(C)C=O)C(=O)N1CCC[C@H](N1)C(=O)OCC(C)(C)C2. The van der Waals surface area contributed by atoms with Gasteiger partial charge in [0.2, 0.25) is 12.3 Å². The number of pyridine rings is 1. The van der Waals surface area contributed by atoms with E-state index >= 15 is 0 Å². The number of hydrogen-bond acceptors (Lipinski definition) is 9. The molecule has 2 aliphatic heterocycles. The Morgan fingerprint density at radius 1 is 1.16 bits per heavy atom. The van der Waals surface area contributed by atoms with Crippen molar-refractivity contribution < 1.29 is 29.0 Å². The van der Waals surface area contributed by atoms with Crippen LogP contribution in [0.3, 0.4) is 0 Å². The third-order valence-corrected chi connectivity index (χ3v) is 10.5. The Hall–Kier alpha value is -5.74. The highest BCUT2D eigenvalue weighted by atomic mass is 16.5. The van der Waals surface area contributed by atoms with E-state index in [-0.39, 0.29) is 24.7 Å². The van der Waals surface area contributed by atoms with Crippen molar-refractivity contribution >= 4 is 35.1 Å². The molecular formula is C42H49N7O6. The maximum Gasteiger partial charge on any atom is 0.324 e. The van der Waals surface area contributed by atoms with E-state index < -0.39 is 41.3 Å². The largest absolute Gasteiger partial charge is 0.508 e. The first-order valence-corrected chi connectivity index (χ1v) is 18.8. The number of hydrazine groups is 1. The van der Waals surface area contributed by atoms with Gasteiger partial charge in [0, 0.05) is 60.8 Å². The number of likely N-dealkylation sites (N-methyl/N-ethyl adjacent to an activating group) is 1. The summed E-state index contributed by atoms with van der Waals surface area (Å²) in [6.07, 6.45) is 5.40. The van der Waals surface area contributed by atoms with Crippen molar-refractivity contribution in [3.8, 4) is 34.2 Å². The van der Waals surface area contributed by atoms with Crippen LogP contribution in [-0.2, 0) is 43.3 Å². The van der Waals surface area contributed by atoms with E-state index in [0.717, 1.165) is 33.3 Å². The van der Waals surface area contributed by atoms with Gasteiger partial charge in [-0.3, -0.25) is 29.2 Å². The Balaban J connectivity index is 1.52. The summed E-state index contributed by atoms with van der Waals surface area (Å²) < 4.78 is 8.19. The van der Waals surface area contributed by atoms with E-state index in [1.165, 1.54) is 23.2 Å². The highest BCUT2D eigenvalue weighted by molar-refractivity contribution is 5.95. The maximum atomic E-state index is 14.3. The number of nitriles is 1. The number of hydrogen-bond donors (Lipinski definition) is 3. The third-order valence-electron chi connectivity index (χ3n) is 10.5. The van der Waals surface area contributed by atoms with Crippen LogP contribution in [0.5, 0.6) is 5.75 Å². The summed E-state index contributed by atoms with van der Waals surface area (Å²) in [5.41, 5.74) is 8.80. The molecule has 3 N–H and O–H groups in total. The number of ether oxygens (including phenoxy) is 1. The van der Waals surface area contributed by atoms with Gasteiger partial charge >= 0.3 is 5.97 Å². The second kappa shape index (κ2) is 15.9. The van der Waals surface area contributed by atoms with E-state index in [2.05, 4.69) is 39.4 Å². The number of benzene rings is 2. The molecule has 2 aromatic heterocycles. The molecule has 6 rings (SSSR count). The van der Waals surface area contributed by atoms with Gasteiger partial charge in [-0.1, -0.05) is 39.8 Å². The number of carbonyl (C=O) groups is 4. The first-order chi connectivity index (χ1) is 26.2. The lowest BCUT2D eigenvalue weighted by atomic mass is 9.84. The average molecular weight is 748 g/mol. The Bertz CT molecular complexity index is 2170. The van der Waals surface area contributed by atoms with Crippen LogP contribution in [0.25, 0.3) is 33.3 Å². The summed E-state index contributed by atoms with van der Waals surface area (Å²) in [5.74, 6) is -1.69.